The maximum atomic E-state index is 6.48. The quantitative estimate of drug-likeness (QED) is 0.198. The third kappa shape index (κ3) is 6.17. The van der Waals surface area contributed by atoms with Crippen molar-refractivity contribution in [2.75, 3.05) is 59.9 Å². The lowest BCUT2D eigenvalue weighted by atomic mass is 10.2. The average molecular weight is 618 g/mol. The van der Waals surface area contributed by atoms with E-state index in [1.165, 1.54) is 12.7 Å². The number of halogens is 1. The molecule has 3 heterocycles. The topological polar surface area (TPSA) is 99.0 Å². The molecule has 0 bridgehead atoms. The molecule has 1 aliphatic heterocycles. The Hall–Kier alpha value is -4.32. The van der Waals surface area contributed by atoms with Crippen molar-refractivity contribution in [1.82, 2.24) is 29.3 Å². The molecular formula is C32H36ClN7O4. The van der Waals surface area contributed by atoms with Gasteiger partial charge < -0.3 is 33.7 Å². The Kier molecular flexibility index (Phi) is 8.60. The number of nitrogens with zero attached hydrogens (tertiary/aromatic N) is 6. The summed E-state index contributed by atoms with van der Waals surface area (Å²) in [5.74, 6) is 3.48. The highest BCUT2D eigenvalue weighted by Crippen LogP contribution is 2.37. The van der Waals surface area contributed by atoms with Gasteiger partial charge in [-0.2, -0.15) is 0 Å². The minimum Gasteiger partial charge on any atom is -0.493 e. The minimum absolute atomic E-state index is 0.409. The van der Waals surface area contributed by atoms with Crippen LogP contribution in [0, 0.1) is 0 Å². The van der Waals surface area contributed by atoms with Crippen LogP contribution in [0.2, 0.25) is 5.02 Å². The van der Waals surface area contributed by atoms with Crippen LogP contribution >= 0.6 is 11.6 Å². The number of imidazole rings is 1. The molecule has 230 valence electrons. The van der Waals surface area contributed by atoms with Crippen molar-refractivity contribution in [3.63, 3.8) is 0 Å². The first-order chi connectivity index (χ1) is 21.3. The van der Waals surface area contributed by atoms with Crippen molar-refractivity contribution < 1.29 is 18.9 Å². The Morgan fingerprint density at radius 3 is 2.57 bits per heavy atom. The van der Waals surface area contributed by atoms with Crippen LogP contribution in [0.25, 0.3) is 21.9 Å². The molecule has 0 aliphatic carbocycles. The van der Waals surface area contributed by atoms with Gasteiger partial charge in [-0.05, 0) is 57.4 Å². The Labute approximate surface area is 261 Å². The number of aromatic nitrogens is 4. The number of methoxy groups -OCH3 is 2. The van der Waals surface area contributed by atoms with Crippen LogP contribution in [0.5, 0.6) is 28.9 Å². The highest BCUT2D eigenvalue weighted by atomic mass is 35.5. The van der Waals surface area contributed by atoms with Gasteiger partial charge in [0.15, 0.2) is 11.5 Å². The van der Waals surface area contributed by atoms with Crippen LogP contribution in [0.15, 0.2) is 54.9 Å². The second kappa shape index (κ2) is 12.7. The van der Waals surface area contributed by atoms with E-state index in [-0.39, 0.29) is 0 Å². The maximum Gasteiger partial charge on any atom is 0.230 e. The summed E-state index contributed by atoms with van der Waals surface area (Å²) >= 11 is 6.48. The summed E-state index contributed by atoms with van der Waals surface area (Å²) in [4.78, 5) is 18.2. The largest absolute Gasteiger partial charge is 0.493 e. The highest BCUT2D eigenvalue weighted by molar-refractivity contribution is 6.32. The van der Waals surface area contributed by atoms with Gasteiger partial charge in [0.25, 0.3) is 0 Å². The minimum atomic E-state index is 0.409. The second-order valence-electron chi connectivity index (χ2n) is 11.0. The zero-order chi connectivity index (χ0) is 30.8. The van der Waals surface area contributed by atoms with E-state index in [4.69, 9.17) is 35.5 Å². The van der Waals surface area contributed by atoms with Gasteiger partial charge in [-0.25, -0.2) is 15.0 Å². The standard InChI is InChI=1S/C32H36ClN7O4/c1-38(2)21-10-11-40(18-21)12-13-43-28-14-20(6-8-24(28)33)36-32-37-25-9-7-22(15-27(25)39(32)3)44-31-23-16-29(41-4)30(42-5)17-26(23)34-19-35-31/h6-9,14-17,19,21H,10-13,18H2,1-5H3,(H,36,37). The van der Waals surface area contributed by atoms with E-state index in [2.05, 4.69) is 39.2 Å². The number of likely N-dealkylation sites (tertiary alicyclic amines) is 1. The lowest BCUT2D eigenvalue weighted by Gasteiger charge is -2.20. The lowest BCUT2D eigenvalue weighted by molar-refractivity contribution is 0.221. The van der Waals surface area contributed by atoms with Crippen LogP contribution in [-0.2, 0) is 7.05 Å². The molecule has 0 amide bonds. The molecule has 1 unspecified atom stereocenters. The zero-order valence-electron chi connectivity index (χ0n) is 25.5. The first-order valence-electron chi connectivity index (χ1n) is 14.4. The molecule has 1 saturated heterocycles. The molecule has 1 fully saturated rings. The molecule has 12 heteroatoms. The summed E-state index contributed by atoms with van der Waals surface area (Å²) in [6.45, 7) is 3.58. The van der Waals surface area contributed by atoms with Gasteiger partial charge in [0.2, 0.25) is 11.8 Å². The Morgan fingerprint density at radius 2 is 1.80 bits per heavy atom. The number of fused-ring (bicyclic) bond motifs is 2. The van der Waals surface area contributed by atoms with E-state index >= 15 is 0 Å². The van der Waals surface area contributed by atoms with Crippen LogP contribution in [0.3, 0.4) is 0 Å². The maximum absolute atomic E-state index is 6.48. The number of hydrogen-bond acceptors (Lipinski definition) is 10. The van der Waals surface area contributed by atoms with Crippen LogP contribution < -0.4 is 24.3 Å². The SMILES string of the molecule is COc1cc2ncnc(Oc3ccc4nc(Nc5ccc(Cl)c(OCCN6CCC(N(C)C)C6)c5)n(C)c4c3)c2cc1OC. The first kappa shape index (κ1) is 29.7. The van der Waals surface area contributed by atoms with Gasteiger partial charge in [0, 0.05) is 50.1 Å². The molecule has 1 atom stereocenters. The molecule has 1 aliphatic rings. The third-order valence-electron chi connectivity index (χ3n) is 8.00. The number of aryl methyl sites for hydroxylation is 1. The van der Waals surface area contributed by atoms with E-state index in [1.54, 1.807) is 20.3 Å². The van der Waals surface area contributed by atoms with Crippen molar-refractivity contribution in [2.45, 2.75) is 12.5 Å². The van der Waals surface area contributed by atoms with E-state index in [0.717, 1.165) is 36.4 Å². The summed E-state index contributed by atoms with van der Waals surface area (Å²) in [6.07, 6.45) is 2.65. The third-order valence-corrected chi connectivity index (χ3v) is 8.31. The van der Waals surface area contributed by atoms with E-state index in [1.807, 2.05) is 54.1 Å². The molecule has 44 heavy (non-hydrogen) atoms. The average Bonchev–Trinajstić information content (AvgIpc) is 3.63. The van der Waals surface area contributed by atoms with Gasteiger partial charge in [-0.3, -0.25) is 4.90 Å². The number of ether oxygens (including phenoxy) is 4. The summed E-state index contributed by atoms with van der Waals surface area (Å²) < 4.78 is 25.2. The number of anilines is 2. The smallest absolute Gasteiger partial charge is 0.230 e. The van der Waals surface area contributed by atoms with E-state index in [0.29, 0.717) is 63.4 Å². The van der Waals surface area contributed by atoms with Gasteiger partial charge in [-0.15, -0.1) is 0 Å². The molecule has 0 saturated carbocycles. The Balaban J connectivity index is 1.17. The molecule has 0 spiro atoms. The normalized spacial score (nSPS) is 15.3. The predicted molar refractivity (Wildman–Crippen MR) is 172 cm³/mol. The Bertz CT molecular complexity index is 1790. The molecule has 1 N–H and O–H groups in total. The highest BCUT2D eigenvalue weighted by Gasteiger charge is 2.23. The summed E-state index contributed by atoms with van der Waals surface area (Å²) in [7, 11) is 9.40. The van der Waals surface area contributed by atoms with Gasteiger partial charge in [0.05, 0.1) is 41.2 Å². The van der Waals surface area contributed by atoms with Crippen molar-refractivity contribution in [2.24, 2.45) is 7.05 Å². The number of hydrogen-bond donors (Lipinski definition) is 1. The molecule has 3 aromatic carbocycles. The van der Waals surface area contributed by atoms with E-state index in [9.17, 15) is 0 Å². The first-order valence-corrected chi connectivity index (χ1v) is 14.8. The van der Waals surface area contributed by atoms with Crippen LogP contribution in [-0.4, -0.2) is 89.9 Å². The molecule has 0 radical (unpaired) electrons. The lowest BCUT2D eigenvalue weighted by Crippen LogP contribution is -2.33. The van der Waals surface area contributed by atoms with Gasteiger partial charge in [-0.1, -0.05) is 11.6 Å². The molecule has 2 aromatic heterocycles. The number of likely N-dealkylation sites (N-methyl/N-ethyl adjacent to an activating group) is 1. The zero-order valence-corrected chi connectivity index (χ0v) is 26.3. The molecule has 11 nitrogen and oxygen atoms in total. The summed E-state index contributed by atoms with van der Waals surface area (Å²) in [6, 6.07) is 15.6. The second-order valence-corrected chi connectivity index (χ2v) is 11.4. The van der Waals surface area contributed by atoms with Crippen LogP contribution in [0.1, 0.15) is 6.42 Å². The van der Waals surface area contributed by atoms with Crippen molar-refractivity contribution in [1.29, 1.82) is 0 Å². The van der Waals surface area contributed by atoms with Crippen molar-refractivity contribution in [3.05, 3.63) is 59.9 Å². The van der Waals surface area contributed by atoms with Crippen molar-refractivity contribution in [3.8, 4) is 28.9 Å². The van der Waals surface area contributed by atoms with Gasteiger partial charge >= 0.3 is 0 Å². The fourth-order valence-corrected chi connectivity index (χ4v) is 5.61. The fourth-order valence-electron chi connectivity index (χ4n) is 5.44. The van der Waals surface area contributed by atoms with E-state index < -0.39 is 0 Å². The monoisotopic (exact) mass is 617 g/mol. The fraction of sp³-hybridized carbons (Fsp3) is 0.344. The summed E-state index contributed by atoms with van der Waals surface area (Å²) in [5.41, 5.74) is 3.20. The summed E-state index contributed by atoms with van der Waals surface area (Å²) in [5, 5.41) is 4.68. The number of rotatable bonds is 11. The van der Waals surface area contributed by atoms with Crippen LogP contribution in [0.4, 0.5) is 11.6 Å². The number of nitrogens with one attached hydrogen (secondary N) is 1. The molecular weight excluding hydrogens is 582 g/mol. The molecule has 6 rings (SSSR count). The Morgan fingerprint density at radius 1 is 0.977 bits per heavy atom. The number of benzene rings is 3. The van der Waals surface area contributed by atoms with Crippen molar-refractivity contribution >= 4 is 45.2 Å². The predicted octanol–water partition coefficient (Wildman–Crippen LogP) is 5.74. The molecule has 5 aromatic rings. The van der Waals surface area contributed by atoms with Gasteiger partial charge in [0.1, 0.15) is 24.4 Å².